The highest BCUT2D eigenvalue weighted by Gasteiger charge is 2.11. The van der Waals surface area contributed by atoms with Gasteiger partial charge in [-0.25, -0.2) is 15.0 Å². The highest BCUT2D eigenvalue weighted by atomic mass is 35.5. The second kappa shape index (κ2) is 5.22. The van der Waals surface area contributed by atoms with E-state index in [9.17, 15) is 0 Å². The van der Waals surface area contributed by atoms with E-state index in [2.05, 4.69) is 15.0 Å². The van der Waals surface area contributed by atoms with Crippen LogP contribution in [0.1, 0.15) is 0 Å². The minimum absolute atomic E-state index is 0.495. The van der Waals surface area contributed by atoms with Gasteiger partial charge >= 0.3 is 0 Å². The summed E-state index contributed by atoms with van der Waals surface area (Å²) in [6.07, 6.45) is 5.07. The number of halogens is 1. The average molecular weight is 307 g/mol. The third kappa shape index (κ3) is 2.52. The largest absolute Gasteiger partial charge is 0.435 e. The molecule has 3 heterocycles. The third-order valence-electron chi connectivity index (χ3n) is 2.61. The van der Waals surface area contributed by atoms with Crippen LogP contribution in [0.2, 0.25) is 4.34 Å². The topological polar surface area (TPSA) is 55.1 Å². The van der Waals surface area contributed by atoms with Gasteiger partial charge in [-0.15, -0.1) is 11.3 Å². The van der Waals surface area contributed by atoms with Gasteiger partial charge in [0.15, 0.2) is 5.76 Å². The lowest BCUT2D eigenvalue weighted by atomic mass is 10.3. The van der Waals surface area contributed by atoms with Crippen molar-refractivity contribution in [3.63, 3.8) is 0 Å². The molecule has 3 aromatic rings. The van der Waals surface area contributed by atoms with Crippen molar-refractivity contribution in [2.75, 3.05) is 19.0 Å². The fourth-order valence-corrected chi connectivity index (χ4v) is 2.62. The van der Waals surface area contributed by atoms with E-state index in [4.69, 9.17) is 16.0 Å². The lowest BCUT2D eigenvalue weighted by molar-refractivity contribution is 0.589. The maximum Gasteiger partial charge on any atom is 0.229 e. The van der Waals surface area contributed by atoms with E-state index in [0.717, 1.165) is 14.8 Å². The molecule has 0 atom stereocenters. The minimum atomic E-state index is 0.495. The number of oxazole rings is 1. The van der Waals surface area contributed by atoms with E-state index >= 15 is 0 Å². The third-order valence-corrected chi connectivity index (χ3v) is 3.85. The zero-order valence-corrected chi connectivity index (χ0v) is 12.4. The lowest BCUT2D eigenvalue weighted by Gasteiger charge is -2.08. The summed E-state index contributed by atoms with van der Waals surface area (Å²) in [6.45, 7) is 0. The molecule has 0 amide bonds. The standard InChI is InChI=1S/C13H11ClN4OS/c1-18(2)13-16-5-8(6-17-13)12-15-7-9(19-12)10-3-4-11(14)20-10/h3-7H,1-2H3. The summed E-state index contributed by atoms with van der Waals surface area (Å²) >= 11 is 7.36. The number of thiophene rings is 1. The molecule has 0 spiro atoms. The molecule has 102 valence electrons. The molecular formula is C13H11ClN4OS. The highest BCUT2D eigenvalue weighted by Crippen LogP contribution is 2.33. The summed E-state index contributed by atoms with van der Waals surface area (Å²) in [7, 11) is 3.78. The number of aromatic nitrogens is 3. The molecule has 0 N–H and O–H groups in total. The Balaban J connectivity index is 1.90. The van der Waals surface area contributed by atoms with Crippen molar-refractivity contribution in [1.29, 1.82) is 0 Å². The quantitative estimate of drug-likeness (QED) is 0.740. The SMILES string of the molecule is CN(C)c1ncc(-c2ncc(-c3ccc(Cl)s3)o2)cn1. The Morgan fingerprint density at radius 1 is 1.10 bits per heavy atom. The second-order valence-electron chi connectivity index (χ2n) is 4.30. The summed E-state index contributed by atoms with van der Waals surface area (Å²) in [5, 5.41) is 0. The Morgan fingerprint density at radius 2 is 1.85 bits per heavy atom. The number of nitrogens with zero attached hydrogens (tertiary/aromatic N) is 4. The van der Waals surface area contributed by atoms with Gasteiger partial charge in [0, 0.05) is 26.5 Å². The molecule has 7 heteroatoms. The van der Waals surface area contributed by atoms with Crippen LogP contribution in [0.3, 0.4) is 0 Å². The van der Waals surface area contributed by atoms with Crippen molar-refractivity contribution in [2.45, 2.75) is 0 Å². The molecule has 0 bridgehead atoms. The maximum absolute atomic E-state index is 5.91. The van der Waals surface area contributed by atoms with Crippen molar-refractivity contribution in [1.82, 2.24) is 15.0 Å². The molecule has 0 saturated heterocycles. The molecule has 0 aliphatic heterocycles. The molecule has 0 unspecified atom stereocenters. The summed E-state index contributed by atoms with van der Waals surface area (Å²) in [5.41, 5.74) is 0.740. The van der Waals surface area contributed by atoms with Crippen LogP contribution in [-0.4, -0.2) is 29.0 Å². The predicted molar refractivity (Wildman–Crippen MR) is 80.2 cm³/mol. The van der Waals surface area contributed by atoms with Crippen molar-refractivity contribution >= 4 is 28.9 Å². The zero-order valence-electron chi connectivity index (χ0n) is 10.9. The van der Waals surface area contributed by atoms with Crippen LogP contribution in [0.5, 0.6) is 0 Å². The van der Waals surface area contributed by atoms with Crippen LogP contribution >= 0.6 is 22.9 Å². The number of hydrogen-bond acceptors (Lipinski definition) is 6. The molecule has 0 fully saturated rings. The van der Waals surface area contributed by atoms with E-state index in [-0.39, 0.29) is 0 Å². The summed E-state index contributed by atoms with van der Waals surface area (Å²) in [4.78, 5) is 15.5. The molecule has 20 heavy (non-hydrogen) atoms. The molecule has 0 radical (unpaired) electrons. The van der Waals surface area contributed by atoms with Crippen molar-refractivity contribution in [2.24, 2.45) is 0 Å². The van der Waals surface area contributed by atoms with Crippen LogP contribution in [0.4, 0.5) is 5.95 Å². The maximum atomic E-state index is 5.91. The van der Waals surface area contributed by atoms with Gasteiger partial charge in [-0.3, -0.25) is 0 Å². The van der Waals surface area contributed by atoms with Crippen LogP contribution in [0.15, 0.2) is 35.1 Å². The van der Waals surface area contributed by atoms with Crippen LogP contribution in [0.25, 0.3) is 22.1 Å². The Bertz CT molecular complexity index is 720. The van der Waals surface area contributed by atoms with E-state index in [1.807, 2.05) is 31.1 Å². The fraction of sp³-hybridized carbons (Fsp3) is 0.154. The van der Waals surface area contributed by atoms with E-state index in [0.29, 0.717) is 17.6 Å². The Labute approximate surface area is 124 Å². The van der Waals surface area contributed by atoms with E-state index < -0.39 is 0 Å². The average Bonchev–Trinajstić information content (AvgIpc) is 3.07. The monoisotopic (exact) mass is 306 g/mol. The first-order valence-corrected chi connectivity index (χ1v) is 7.04. The summed E-state index contributed by atoms with van der Waals surface area (Å²) in [5.74, 6) is 1.83. The predicted octanol–water partition coefficient (Wildman–Crippen LogP) is 3.58. The first kappa shape index (κ1) is 13.1. The molecule has 0 aliphatic rings. The molecule has 3 aromatic heterocycles. The van der Waals surface area contributed by atoms with Gasteiger partial charge < -0.3 is 9.32 Å². The number of rotatable bonds is 3. The van der Waals surface area contributed by atoms with Gasteiger partial charge in [-0.1, -0.05) is 11.6 Å². The second-order valence-corrected chi connectivity index (χ2v) is 6.01. The molecule has 0 saturated carbocycles. The van der Waals surface area contributed by atoms with E-state index in [1.165, 1.54) is 11.3 Å². The van der Waals surface area contributed by atoms with Gasteiger partial charge in [-0.05, 0) is 12.1 Å². The zero-order chi connectivity index (χ0) is 14.1. The molecular weight excluding hydrogens is 296 g/mol. The summed E-state index contributed by atoms with van der Waals surface area (Å²) in [6, 6.07) is 3.74. The minimum Gasteiger partial charge on any atom is -0.435 e. The first-order valence-electron chi connectivity index (χ1n) is 5.85. The van der Waals surface area contributed by atoms with Crippen molar-refractivity contribution < 1.29 is 4.42 Å². The Hall–Kier alpha value is -1.92. The number of hydrogen-bond donors (Lipinski definition) is 0. The van der Waals surface area contributed by atoms with Gasteiger partial charge in [0.25, 0.3) is 0 Å². The van der Waals surface area contributed by atoms with Gasteiger partial charge in [0.05, 0.1) is 21.0 Å². The first-order chi connectivity index (χ1) is 9.63. The molecule has 0 aliphatic carbocycles. The van der Waals surface area contributed by atoms with Crippen molar-refractivity contribution in [3.05, 3.63) is 35.1 Å². The van der Waals surface area contributed by atoms with Gasteiger partial charge in [0.2, 0.25) is 11.8 Å². The molecule has 3 rings (SSSR count). The lowest BCUT2D eigenvalue weighted by Crippen LogP contribution is -2.12. The fourth-order valence-electron chi connectivity index (χ4n) is 1.63. The smallest absolute Gasteiger partial charge is 0.229 e. The molecule has 5 nitrogen and oxygen atoms in total. The summed E-state index contributed by atoms with van der Waals surface area (Å²) < 4.78 is 6.44. The van der Waals surface area contributed by atoms with Crippen molar-refractivity contribution in [3.8, 4) is 22.1 Å². The van der Waals surface area contributed by atoms with Crippen LogP contribution in [-0.2, 0) is 0 Å². The molecule has 0 aromatic carbocycles. The van der Waals surface area contributed by atoms with Crippen LogP contribution < -0.4 is 4.90 Å². The normalized spacial score (nSPS) is 10.8. The Morgan fingerprint density at radius 3 is 2.45 bits per heavy atom. The van der Waals surface area contributed by atoms with Crippen LogP contribution in [0, 0.1) is 0 Å². The van der Waals surface area contributed by atoms with E-state index in [1.54, 1.807) is 18.6 Å². The highest BCUT2D eigenvalue weighted by molar-refractivity contribution is 7.19. The Kier molecular flexibility index (Phi) is 3.42. The number of anilines is 1. The van der Waals surface area contributed by atoms with Gasteiger partial charge in [-0.2, -0.15) is 0 Å². The van der Waals surface area contributed by atoms with Gasteiger partial charge in [0.1, 0.15) is 0 Å².